The number of nitrogens with one attached hydrogen (secondary N) is 2. The minimum atomic E-state index is 0.773. The standard InChI is InChI=1S/C24H18N4O2/c1-3-17(23-25-7-8-26-23)13-21-15(1)11-19(29-21)5-6-20-12-16-2-4-18(14-22(16)30-20)24-27-9-10-28-24/h1-4,7-14H,5-6H2,(H,25,26)(H,27,28). The van der Waals surface area contributed by atoms with E-state index in [9.17, 15) is 0 Å². The first kappa shape index (κ1) is 16.9. The molecule has 0 aliphatic heterocycles. The Morgan fingerprint density at radius 1 is 0.633 bits per heavy atom. The van der Waals surface area contributed by atoms with Crippen LogP contribution in [0.1, 0.15) is 11.5 Å². The number of furan rings is 2. The van der Waals surface area contributed by atoms with Crippen LogP contribution in [0.2, 0.25) is 0 Å². The van der Waals surface area contributed by atoms with Crippen LogP contribution in [0.15, 0.2) is 82.2 Å². The van der Waals surface area contributed by atoms with Crippen molar-refractivity contribution < 1.29 is 8.83 Å². The lowest BCUT2D eigenvalue weighted by molar-refractivity contribution is 0.510. The molecule has 6 aromatic rings. The lowest BCUT2D eigenvalue weighted by atomic mass is 10.1. The first-order valence-electron chi connectivity index (χ1n) is 9.86. The highest BCUT2D eigenvalue weighted by molar-refractivity contribution is 5.83. The summed E-state index contributed by atoms with van der Waals surface area (Å²) in [6.07, 6.45) is 8.68. The molecule has 0 saturated heterocycles. The Morgan fingerprint density at radius 3 is 1.57 bits per heavy atom. The summed E-state index contributed by atoms with van der Waals surface area (Å²) in [6, 6.07) is 16.5. The highest BCUT2D eigenvalue weighted by Gasteiger charge is 2.10. The first-order valence-corrected chi connectivity index (χ1v) is 9.86. The maximum absolute atomic E-state index is 6.07. The van der Waals surface area contributed by atoms with Crippen molar-refractivity contribution in [3.05, 3.63) is 84.8 Å². The molecular formula is C24H18N4O2. The normalized spacial score (nSPS) is 11.6. The van der Waals surface area contributed by atoms with Crippen LogP contribution in [0.5, 0.6) is 0 Å². The summed E-state index contributed by atoms with van der Waals surface area (Å²) >= 11 is 0. The molecule has 6 heteroatoms. The summed E-state index contributed by atoms with van der Waals surface area (Å²) < 4.78 is 12.1. The third kappa shape index (κ3) is 2.99. The monoisotopic (exact) mass is 394 g/mol. The molecule has 4 heterocycles. The van der Waals surface area contributed by atoms with Gasteiger partial charge in [0.25, 0.3) is 0 Å². The van der Waals surface area contributed by atoms with Gasteiger partial charge in [-0.25, -0.2) is 9.97 Å². The Labute approximate surface area is 171 Å². The molecule has 0 saturated carbocycles. The number of aromatic amines is 2. The van der Waals surface area contributed by atoms with Crippen molar-refractivity contribution in [2.75, 3.05) is 0 Å². The Bertz CT molecular complexity index is 1330. The molecule has 4 aromatic heterocycles. The van der Waals surface area contributed by atoms with Gasteiger partial charge in [0, 0.05) is 59.5 Å². The minimum absolute atomic E-state index is 0.773. The SMILES string of the molecule is c1c[nH]c(-c2ccc3cc(CCc4cc5ccc(-c6ncc[nH]6)cc5o4)oc3c2)n1. The van der Waals surface area contributed by atoms with Crippen LogP contribution in [0.25, 0.3) is 44.7 Å². The number of benzene rings is 2. The van der Waals surface area contributed by atoms with E-state index in [2.05, 4.69) is 56.3 Å². The van der Waals surface area contributed by atoms with Crippen molar-refractivity contribution in [3.8, 4) is 22.8 Å². The van der Waals surface area contributed by atoms with Gasteiger partial charge in [0.15, 0.2) is 0 Å². The summed E-state index contributed by atoms with van der Waals surface area (Å²) in [6.45, 7) is 0. The van der Waals surface area contributed by atoms with E-state index < -0.39 is 0 Å². The third-order valence-corrected chi connectivity index (χ3v) is 5.30. The van der Waals surface area contributed by atoms with Gasteiger partial charge >= 0.3 is 0 Å². The van der Waals surface area contributed by atoms with E-state index in [1.165, 1.54) is 0 Å². The number of nitrogens with zero attached hydrogens (tertiary/aromatic N) is 2. The fraction of sp³-hybridized carbons (Fsp3) is 0.0833. The van der Waals surface area contributed by atoms with E-state index >= 15 is 0 Å². The molecule has 0 unspecified atom stereocenters. The predicted molar refractivity (Wildman–Crippen MR) is 115 cm³/mol. The number of imidazole rings is 2. The molecule has 0 atom stereocenters. The van der Waals surface area contributed by atoms with Gasteiger partial charge < -0.3 is 18.8 Å². The molecule has 146 valence electrons. The second-order valence-electron chi connectivity index (χ2n) is 7.31. The molecular weight excluding hydrogens is 376 g/mol. The number of fused-ring (bicyclic) bond motifs is 2. The molecule has 0 radical (unpaired) electrons. The molecule has 6 rings (SSSR count). The van der Waals surface area contributed by atoms with E-state index in [-0.39, 0.29) is 0 Å². The van der Waals surface area contributed by atoms with Crippen molar-refractivity contribution in [2.45, 2.75) is 12.8 Å². The molecule has 2 N–H and O–H groups in total. The zero-order valence-corrected chi connectivity index (χ0v) is 16.1. The molecule has 0 fully saturated rings. The molecule has 2 aromatic carbocycles. The molecule has 0 bridgehead atoms. The van der Waals surface area contributed by atoms with Crippen molar-refractivity contribution >= 4 is 21.9 Å². The molecule has 0 aliphatic carbocycles. The van der Waals surface area contributed by atoms with Crippen LogP contribution >= 0.6 is 0 Å². The number of aryl methyl sites for hydroxylation is 2. The lowest BCUT2D eigenvalue weighted by Gasteiger charge is -1.96. The van der Waals surface area contributed by atoms with Gasteiger partial charge in [0.05, 0.1) is 0 Å². The van der Waals surface area contributed by atoms with E-state index in [0.29, 0.717) is 0 Å². The number of rotatable bonds is 5. The number of hydrogen-bond acceptors (Lipinski definition) is 4. The largest absolute Gasteiger partial charge is 0.461 e. The van der Waals surface area contributed by atoms with Gasteiger partial charge in [-0.05, 0) is 24.3 Å². The van der Waals surface area contributed by atoms with Crippen LogP contribution in [0, 0.1) is 0 Å². The maximum atomic E-state index is 6.07. The Kier molecular flexibility index (Phi) is 3.81. The Morgan fingerprint density at radius 2 is 1.13 bits per heavy atom. The van der Waals surface area contributed by atoms with Gasteiger partial charge in [-0.15, -0.1) is 0 Å². The highest BCUT2D eigenvalue weighted by atomic mass is 16.3. The zero-order valence-electron chi connectivity index (χ0n) is 16.1. The summed E-state index contributed by atoms with van der Waals surface area (Å²) in [5, 5.41) is 2.18. The smallest absolute Gasteiger partial charge is 0.137 e. The zero-order chi connectivity index (χ0) is 19.9. The third-order valence-electron chi connectivity index (χ3n) is 5.30. The lowest BCUT2D eigenvalue weighted by Crippen LogP contribution is -1.86. The van der Waals surface area contributed by atoms with E-state index in [4.69, 9.17) is 8.83 Å². The van der Waals surface area contributed by atoms with Crippen molar-refractivity contribution in [2.24, 2.45) is 0 Å². The number of hydrogen-bond donors (Lipinski definition) is 2. The van der Waals surface area contributed by atoms with Gasteiger partial charge in [0.1, 0.15) is 34.3 Å². The molecule has 6 nitrogen and oxygen atoms in total. The van der Waals surface area contributed by atoms with Crippen LogP contribution < -0.4 is 0 Å². The van der Waals surface area contributed by atoms with E-state index in [0.717, 1.165) is 69.1 Å². The fourth-order valence-electron chi connectivity index (χ4n) is 3.81. The first-order chi connectivity index (χ1) is 14.8. The van der Waals surface area contributed by atoms with Gasteiger partial charge in [-0.2, -0.15) is 0 Å². The van der Waals surface area contributed by atoms with E-state index in [1.54, 1.807) is 12.4 Å². The van der Waals surface area contributed by atoms with Crippen molar-refractivity contribution in [1.82, 2.24) is 19.9 Å². The summed E-state index contributed by atoms with van der Waals surface area (Å²) in [5.41, 5.74) is 3.76. The summed E-state index contributed by atoms with van der Waals surface area (Å²) in [7, 11) is 0. The second kappa shape index (κ2) is 6.77. The predicted octanol–water partition coefficient (Wildman–Crippen LogP) is 5.74. The topological polar surface area (TPSA) is 83.6 Å². The quantitative estimate of drug-likeness (QED) is 0.390. The fourth-order valence-corrected chi connectivity index (χ4v) is 3.81. The van der Waals surface area contributed by atoms with Crippen LogP contribution in [0.3, 0.4) is 0 Å². The van der Waals surface area contributed by atoms with Gasteiger partial charge in [0.2, 0.25) is 0 Å². The van der Waals surface area contributed by atoms with E-state index in [1.807, 2.05) is 24.5 Å². The molecule has 0 aliphatic rings. The van der Waals surface area contributed by atoms with Crippen molar-refractivity contribution in [1.29, 1.82) is 0 Å². The van der Waals surface area contributed by atoms with Crippen LogP contribution in [-0.2, 0) is 12.8 Å². The van der Waals surface area contributed by atoms with Crippen molar-refractivity contribution in [3.63, 3.8) is 0 Å². The van der Waals surface area contributed by atoms with Crippen LogP contribution in [0.4, 0.5) is 0 Å². The average molecular weight is 394 g/mol. The van der Waals surface area contributed by atoms with Crippen LogP contribution in [-0.4, -0.2) is 19.9 Å². The average Bonchev–Trinajstić information content (AvgIpc) is 3.56. The maximum Gasteiger partial charge on any atom is 0.137 e. The van der Waals surface area contributed by atoms with Gasteiger partial charge in [-0.3, -0.25) is 0 Å². The highest BCUT2D eigenvalue weighted by Crippen LogP contribution is 2.28. The minimum Gasteiger partial charge on any atom is -0.461 e. The van der Waals surface area contributed by atoms with Gasteiger partial charge in [-0.1, -0.05) is 24.3 Å². The number of aromatic nitrogens is 4. The molecule has 0 amide bonds. The summed E-state index contributed by atoms with van der Waals surface area (Å²) in [4.78, 5) is 14.9. The Hall–Kier alpha value is -4.06. The molecule has 0 spiro atoms. The second-order valence-corrected chi connectivity index (χ2v) is 7.31. The molecule has 30 heavy (non-hydrogen) atoms. The Balaban J connectivity index is 1.23. The summed E-state index contributed by atoms with van der Waals surface area (Å²) in [5.74, 6) is 3.56. The number of H-pyrrole nitrogens is 2.